The van der Waals surface area contributed by atoms with Gasteiger partial charge in [0, 0.05) is 18.7 Å². The van der Waals surface area contributed by atoms with Gasteiger partial charge in [-0.2, -0.15) is 13.2 Å². The molecule has 31 heavy (non-hydrogen) atoms. The Morgan fingerprint density at radius 3 is 2.16 bits per heavy atom. The SMILES string of the molecule is O=C(Nc1cc(C(F)(F)F)ccc1N1CCOCC1)c1ccc(-c2ccccc2)cc1. The fourth-order valence-electron chi connectivity index (χ4n) is 3.53. The van der Waals surface area contributed by atoms with Crippen LogP contribution in [0, 0.1) is 0 Å². The average Bonchev–Trinajstić information content (AvgIpc) is 2.80. The van der Waals surface area contributed by atoms with Crippen molar-refractivity contribution in [2.75, 3.05) is 36.5 Å². The predicted molar refractivity (Wildman–Crippen MR) is 114 cm³/mol. The maximum atomic E-state index is 13.3. The summed E-state index contributed by atoms with van der Waals surface area (Å²) in [5.74, 6) is -0.464. The van der Waals surface area contributed by atoms with Crippen molar-refractivity contribution in [2.24, 2.45) is 0 Å². The number of hydrogen-bond donors (Lipinski definition) is 1. The van der Waals surface area contributed by atoms with Gasteiger partial charge < -0.3 is 15.0 Å². The summed E-state index contributed by atoms with van der Waals surface area (Å²) in [6.07, 6.45) is -4.50. The first-order valence-corrected chi connectivity index (χ1v) is 9.92. The van der Waals surface area contributed by atoms with E-state index in [1.165, 1.54) is 6.07 Å². The lowest BCUT2D eigenvalue weighted by atomic mass is 10.0. The Hall–Kier alpha value is -3.32. The van der Waals surface area contributed by atoms with Crippen LogP contribution in [0.4, 0.5) is 24.5 Å². The molecule has 1 heterocycles. The van der Waals surface area contributed by atoms with Gasteiger partial charge in [-0.15, -0.1) is 0 Å². The number of anilines is 2. The van der Waals surface area contributed by atoms with E-state index in [0.717, 1.165) is 23.3 Å². The van der Waals surface area contributed by atoms with E-state index < -0.39 is 17.6 Å². The van der Waals surface area contributed by atoms with E-state index in [1.807, 2.05) is 47.4 Å². The molecule has 1 amide bonds. The largest absolute Gasteiger partial charge is 0.416 e. The maximum Gasteiger partial charge on any atom is 0.416 e. The molecule has 1 aliphatic rings. The highest BCUT2D eigenvalue weighted by molar-refractivity contribution is 6.06. The minimum atomic E-state index is -4.50. The second-order valence-electron chi connectivity index (χ2n) is 7.23. The lowest BCUT2D eigenvalue weighted by Gasteiger charge is -2.31. The zero-order chi connectivity index (χ0) is 21.8. The third-order valence-electron chi connectivity index (χ3n) is 5.18. The number of morpholine rings is 1. The summed E-state index contributed by atoms with van der Waals surface area (Å²) in [6, 6.07) is 20.1. The third kappa shape index (κ3) is 4.88. The molecule has 3 aromatic rings. The Bertz CT molecular complexity index is 1040. The molecule has 0 saturated carbocycles. The standard InChI is InChI=1S/C24H21F3N2O2/c25-24(26,27)20-10-11-22(29-12-14-31-15-13-29)21(16-20)28-23(30)19-8-6-18(7-9-19)17-4-2-1-3-5-17/h1-11,16H,12-15H2,(H,28,30). The van der Waals surface area contributed by atoms with Crippen LogP contribution in [-0.2, 0) is 10.9 Å². The molecule has 160 valence electrons. The van der Waals surface area contributed by atoms with Gasteiger partial charge in [0.25, 0.3) is 5.91 Å². The highest BCUT2D eigenvalue weighted by atomic mass is 19.4. The summed E-state index contributed by atoms with van der Waals surface area (Å²) in [5, 5.41) is 2.67. The lowest BCUT2D eigenvalue weighted by molar-refractivity contribution is -0.137. The van der Waals surface area contributed by atoms with E-state index in [1.54, 1.807) is 12.1 Å². The van der Waals surface area contributed by atoms with Gasteiger partial charge in [0.2, 0.25) is 0 Å². The number of rotatable bonds is 4. The Kier molecular flexibility index (Phi) is 5.95. The van der Waals surface area contributed by atoms with Crippen LogP contribution in [0.3, 0.4) is 0 Å². The highest BCUT2D eigenvalue weighted by Crippen LogP contribution is 2.36. The number of amides is 1. The molecule has 0 spiro atoms. The third-order valence-corrected chi connectivity index (χ3v) is 5.18. The van der Waals surface area contributed by atoms with Gasteiger partial charge in [-0.25, -0.2) is 0 Å². The van der Waals surface area contributed by atoms with E-state index in [2.05, 4.69) is 5.32 Å². The first kappa shape index (κ1) is 20.9. The van der Waals surface area contributed by atoms with E-state index in [0.29, 0.717) is 37.6 Å². The Morgan fingerprint density at radius 2 is 1.52 bits per heavy atom. The molecule has 1 aliphatic heterocycles. The molecule has 0 atom stereocenters. The molecule has 3 aromatic carbocycles. The Morgan fingerprint density at radius 1 is 0.871 bits per heavy atom. The van der Waals surface area contributed by atoms with Gasteiger partial charge in [-0.05, 0) is 41.5 Å². The second kappa shape index (κ2) is 8.81. The molecule has 4 rings (SSSR count). The van der Waals surface area contributed by atoms with Crippen LogP contribution >= 0.6 is 0 Å². The van der Waals surface area contributed by atoms with Crippen LogP contribution in [0.25, 0.3) is 11.1 Å². The van der Waals surface area contributed by atoms with Crippen molar-refractivity contribution in [1.29, 1.82) is 0 Å². The van der Waals surface area contributed by atoms with Crippen LogP contribution in [0.2, 0.25) is 0 Å². The monoisotopic (exact) mass is 426 g/mol. The van der Waals surface area contributed by atoms with Crippen molar-refractivity contribution in [3.8, 4) is 11.1 Å². The molecule has 1 fully saturated rings. The van der Waals surface area contributed by atoms with E-state index in [4.69, 9.17) is 4.74 Å². The fourth-order valence-corrected chi connectivity index (χ4v) is 3.53. The molecule has 0 aromatic heterocycles. The van der Waals surface area contributed by atoms with Crippen LogP contribution in [-0.4, -0.2) is 32.2 Å². The summed E-state index contributed by atoms with van der Waals surface area (Å²) in [4.78, 5) is 14.7. The van der Waals surface area contributed by atoms with Crippen molar-refractivity contribution in [3.05, 3.63) is 83.9 Å². The molecule has 1 N–H and O–H groups in total. The lowest BCUT2D eigenvalue weighted by Crippen LogP contribution is -2.36. The number of carbonyl (C=O) groups excluding carboxylic acids is 1. The van der Waals surface area contributed by atoms with E-state index >= 15 is 0 Å². The number of carbonyl (C=O) groups is 1. The Labute approximate surface area is 178 Å². The molecule has 0 radical (unpaired) electrons. The van der Waals surface area contributed by atoms with Crippen LogP contribution in [0.1, 0.15) is 15.9 Å². The fraction of sp³-hybridized carbons (Fsp3) is 0.208. The first-order chi connectivity index (χ1) is 14.9. The molecule has 0 aliphatic carbocycles. The van der Waals surface area contributed by atoms with E-state index in [9.17, 15) is 18.0 Å². The number of nitrogens with zero attached hydrogens (tertiary/aromatic N) is 1. The van der Waals surface area contributed by atoms with Crippen molar-refractivity contribution in [1.82, 2.24) is 0 Å². The van der Waals surface area contributed by atoms with Gasteiger partial charge in [0.15, 0.2) is 0 Å². The predicted octanol–water partition coefficient (Wildman–Crippen LogP) is 5.46. The molecule has 0 unspecified atom stereocenters. The van der Waals surface area contributed by atoms with Crippen LogP contribution < -0.4 is 10.2 Å². The van der Waals surface area contributed by atoms with Gasteiger partial charge in [-0.3, -0.25) is 4.79 Å². The summed E-state index contributed by atoms with van der Waals surface area (Å²) in [7, 11) is 0. The smallest absolute Gasteiger partial charge is 0.378 e. The first-order valence-electron chi connectivity index (χ1n) is 9.92. The minimum absolute atomic E-state index is 0.133. The number of alkyl halides is 3. The summed E-state index contributed by atoms with van der Waals surface area (Å²) in [5.41, 5.74) is 2.20. The summed E-state index contributed by atoms with van der Waals surface area (Å²) in [6.45, 7) is 2.05. The van der Waals surface area contributed by atoms with Crippen LogP contribution in [0.5, 0.6) is 0 Å². The van der Waals surface area contributed by atoms with E-state index in [-0.39, 0.29) is 5.69 Å². The van der Waals surface area contributed by atoms with Gasteiger partial charge in [0.1, 0.15) is 0 Å². The molecule has 0 bridgehead atoms. The minimum Gasteiger partial charge on any atom is -0.378 e. The normalized spacial score (nSPS) is 14.4. The second-order valence-corrected chi connectivity index (χ2v) is 7.23. The summed E-state index contributed by atoms with van der Waals surface area (Å²) < 4.78 is 45.1. The molecular weight excluding hydrogens is 405 g/mol. The molecular formula is C24H21F3N2O2. The summed E-state index contributed by atoms with van der Waals surface area (Å²) >= 11 is 0. The van der Waals surface area contributed by atoms with Crippen molar-refractivity contribution in [3.63, 3.8) is 0 Å². The number of nitrogens with one attached hydrogen (secondary N) is 1. The maximum absolute atomic E-state index is 13.3. The number of halogens is 3. The number of hydrogen-bond acceptors (Lipinski definition) is 3. The van der Waals surface area contributed by atoms with Gasteiger partial charge >= 0.3 is 6.18 Å². The molecule has 7 heteroatoms. The molecule has 1 saturated heterocycles. The zero-order valence-corrected chi connectivity index (χ0v) is 16.7. The zero-order valence-electron chi connectivity index (χ0n) is 16.7. The van der Waals surface area contributed by atoms with Gasteiger partial charge in [-0.1, -0.05) is 42.5 Å². The van der Waals surface area contributed by atoms with Crippen molar-refractivity contribution >= 4 is 17.3 Å². The topological polar surface area (TPSA) is 41.6 Å². The van der Waals surface area contributed by atoms with Crippen LogP contribution in [0.15, 0.2) is 72.8 Å². The Balaban J connectivity index is 1.60. The highest BCUT2D eigenvalue weighted by Gasteiger charge is 2.32. The average molecular weight is 426 g/mol. The van der Waals surface area contributed by atoms with Crippen molar-refractivity contribution in [2.45, 2.75) is 6.18 Å². The molecule has 4 nitrogen and oxygen atoms in total. The van der Waals surface area contributed by atoms with Crippen molar-refractivity contribution < 1.29 is 22.7 Å². The number of benzene rings is 3. The quantitative estimate of drug-likeness (QED) is 0.602. The van der Waals surface area contributed by atoms with Gasteiger partial charge in [0.05, 0.1) is 30.2 Å². The number of ether oxygens (including phenoxy) is 1.